The lowest BCUT2D eigenvalue weighted by molar-refractivity contribution is -0.169. The number of methoxy groups -OCH3 is 1. The minimum absolute atomic E-state index is 0.157. The molecule has 1 saturated heterocycles. The second-order valence-corrected chi connectivity index (χ2v) is 9.06. The van der Waals surface area contributed by atoms with Crippen molar-refractivity contribution in [3.05, 3.63) is 42.0 Å². The normalized spacial score (nSPS) is 41.7. The first-order chi connectivity index (χ1) is 14.3. The fourth-order valence-electron chi connectivity index (χ4n) is 5.73. The highest BCUT2D eigenvalue weighted by Gasteiger charge is 2.73. The molecule has 158 valence electrons. The number of hydrogen-bond acceptors (Lipinski definition) is 7. The second kappa shape index (κ2) is 6.17. The van der Waals surface area contributed by atoms with Gasteiger partial charge in [-0.2, -0.15) is 0 Å². The number of nitrogens with zero attached hydrogens (tertiary/aromatic N) is 1. The summed E-state index contributed by atoms with van der Waals surface area (Å²) in [5.74, 6) is -0.536. The summed E-state index contributed by atoms with van der Waals surface area (Å²) in [4.78, 5) is 31.9. The Morgan fingerprint density at radius 2 is 1.93 bits per heavy atom. The molecule has 1 aromatic rings. The van der Waals surface area contributed by atoms with Gasteiger partial charge in [0.1, 0.15) is 22.9 Å². The summed E-state index contributed by atoms with van der Waals surface area (Å²) >= 11 is 0. The van der Waals surface area contributed by atoms with E-state index >= 15 is 0 Å². The average molecular weight is 411 g/mol. The molecule has 2 aliphatic heterocycles. The molecule has 1 N–H and O–H groups in total. The van der Waals surface area contributed by atoms with E-state index in [9.17, 15) is 14.7 Å². The van der Waals surface area contributed by atoms with Crippen molar-refractivity contribution in [2.24, 2.45) is 22.4 Å². The number of hydrogen-bond donors (Lipinski definition) is 1. The van der Waals surface area contributed by atoms with E-state index in [0.717, 1.165) is 11.3 Å². The molecule has 2 aliphatic carbocycles. The van der Waals surface area contributed by atoms with Gasteiger partial charge in [0.2, 0.25) is 5.60 Å². The van der Waals surface area contributed by atoms with Crippen molar-refractivity contribution >= 4 is 17.5 Å². The summed E-state index contributed by atoms with van der Waals surface area (Å²) in [6.45, 7) is 3.65. The molecule has 2 fully saturated rings. The molecule has 1 saturated carbocycles. The zero-order valence-electron chi connectivity index (χ0n) is 17.3. The summed E-state index contributed by atoms with van der Waals surface area (Å²) in [7, 11) is 1.60. The van der Waals surface area contributed by atoms with Crippen molar-refractivity contribution in [1.82, 2.24) is 0 Å². The molecule has 4 aliphatic rings. The maximum absolute atomic E-state index is 13.1. The van der Waals surface area contributed by atoms with E-state index < -0.39 is 28.7 Å². The number of oxime groups is 1. The molecule has 30 heavy (non-hydrogen) atoms. The molecular weight excluding hydrogens is 386 g/mol. The van der Waals surface area contributed by atoms with E-state index in [0.29, 0.717) is 18.6 Å². The Kier molecular flexibility index (Phi) is 3.97. The first-order valence-corrected chi connectivity index (χ1v) is 10.3. The summed E-state index contributed by atoms with van der Waals surface area (Å²) in [5, 5.41) is 15.7. The van der Waals surface area contributed by atoms with E-state index in [1.807, 2.05) is 31.2 Å². The van der Waals surface area contributed by atoms with Gasteiger partial charge in [-0.15, -0.1) is 0 Å². The van der Waals surface area contributed by atoms with Gasteiger partial charge in [-0.25, -0.2) is 4.79 Å². The van der Waals surface area contributed by atoms with Crippen LogP contribution in [-0.2, 0) is 19.2 Å². The van der Waals surface area contributed by atoms with Gasteiger partial charge >= 0.3 is 5.97 Å². The molecule has 2 heterocycles. The zero-order valence-corrected chi connectivity index (χ0v) is 17.3. The Morgan fingerprint density at radius 1 is 1.20 bits per heavy atom. The topological polar surface area (TPSA) is 94.4 Å². The lowest BCUT2D eigenvalue weighted by Gasteiger charge is -2.43. The number of carbonyl (C=O) groups excluding carboxylic acids is 2. The maximum Gasteiger partial charge on any atom is 0.354 e. The smallest absolute Gasteiger partial charge is 0.354 e. The van der Waals surface area contributed by atoms with Crippen molar-refractivity contribution in [2.75, 3.05) is 7.11 Å². The van der Waals surface area contributed by atoms with Crippen molar-refractivity contribution in [2.45, 2.75) is 50.4 Å². The number of carbonyl (C=O) groups is 2. The van der Waals surface area contributed by atoms with Gasteiger partial charge in [-0.3, -0.25) is 4.79 Å². The van der Waals surface area contributed by atoms with E-state index in [1.165, 1.54) is 6.08 Å². The SMILES string of the molecule is COc1ccc(C2=NO[C@]3(C2)C(=O)O[C@@H]2[C@H]3CC[C@H](C)[C@]3(O)C=CC(=O)[C@@]23C)cc1. The lowest BCUT2D eigenvalue weighted by atomic mass is 9.63. The lowest BCUT2D eigenvalue weighted by Crippen LogP contribution is -2.57. The van der Waals surface area contributed by atoms with Crippen LogP contribution in [0.25, 0.3) is 0 Å². The quantitative estimate of drug-likeness (QED) is 0.751. The Morgan fingerprint density at radius 3 is 2.63 bits per heavy atom. The summed E-state index contributed by atoms with van der Waals surface area (Å²) < 4.78 is 11.0. The highest BCUT2D eigenvalue weighted by Crippen LogP contribution is 2.59. The summed E-state index contributed by atoms with van der Waals surface area (Å²) in [6.07, 6.45) is 3.74. The minimum Gasteiger partial charge on any atom is -0.497 e. The van der Waals surface area contributed by atoms with Crippen LogP contribution in [0.5, 0.6) is 5.75 Å². The fourth-order valence-corrected chi connectivity index (χ4v) is 5.73. The van der Waals surface area contributed by atoms with E-state index in [2.05, 4.69) is 5.16 Å². The standard InChI is InChI=1S/C23H25NO6/c1-13-4-9-16-19(21(2)18(25)10-11-23(13,21)27)29-20(26)22(16)12-17(24-30-22)14-5-7-15(28-3)8-6-14/h5-8,10-11,13,16,19,27H,4,9,12H2,1-3H3/t13-,16+,19+,21-,22-,23+/m0/s1. The molecule has 7 nitrogen and oxygen atoms in total. The number of fused-ring (bicyclic) bond motifs is 4. The number of aliphatic hydroxyl groups is 1. The molecule has 0 unspecified atom stereocenters. The number of ether oxygens (including phenoxy) is 2. The average Bonchev–Trinajstić information content (AvgIpc) is 3.37. The van der Waals surface area contributed by atoms with Crippen LogP contribution in [-0.4, -0.2) is 47.0 Å². The van der Waals surface area contributed by atoms with Gasteiger partial charge in [-0.05, 0) is 67.7 Å². The zero-order chi connectivity index (χ0) is 21.3. The molecule has 0 aromatic heterocycles. The minimum atomic E-state index is -1.35. The van der Waals surface area contributed by atoms with Crippen molar-refractivity contribution in [1.29, 1.82) is 0 Å². The third-order valence-corrected chi connectivity index (χ3v) is 7.78. The molecule has 0 radical (unpaired) electrons. The third kappa shape index (κ3) is 2.21. The van der Waals surface area contributed by atoms with Gasteiger partial charge in [-0.1, -0.05) is 12.1 Å². The Bertz CT molecular complexity index is 984. The number of allylic oxidation sites excluding steroid dienone is 1. The monoisotopic (exact) mass is 411 g/mol. The number of benzene rings is 1. The van der Waals surface area contributed by atoms with Crippen LogP contribution in [0.1, 0.15) is 38.7 Å². The third-order valence-electron chi connectivity index (χ3n) is 7.78. The van der Waals surface area contributed by atoms with Crippen LogP contribution in [0.2, 0.25) is 0 Å². The largest absolute Gasteiger partial charge is 0.497 e. The molecule has 1 spiro atoms. The highest BCUT2D eigenvalue weighted by atomic mass is 16.7. The fraction of sp³-hybridized carbons (Fsp3) is 0.522. The van der Waals surface area contributed by atoms with Crippen molar-refractivity contribution < 1.29 is 29.0 Å². The molecular formula is C23H25NO6. The molecule has 5 rings (SSSR count). The first kappa shape index (κ1) is 19.3. The highest BCUT2D eigenvalue weighted by molar-refractivity contribution is 6.06. The van der Waals surface area contributed by atoms with Gasteiger partial charge in [0.15, 0.2) is 5.78 Å². The molecule has 6 atom stereocenters. The van der Waals surface area contributed by atoms with Crippen LogP contribution in [0, 0.1) is 17.3 Å². The number of rotatable bonds is 2. The van der Waals surface area contributed by atoms with Crippen LogP contribution in [0.4, 0.5) is 0 Å². The predicted octanol–water partition coefficient (Wildman–Crippen LogP) is 2.41. The predicted molar refractivity (Wildman–Crippen MR) is 107 cm³/mol. The Labute approximate surface area is 174 Å². The van der Waals surface area contributed by atoms with Gasteiger partial charge in [0.25, 0.3) is 0 Å². The summed E-state index contributed by atoms with van der Waals surface area (Å²) in [5.41, 5.74) is -2.36. The maximum atomic E-state index is 13.1. The molecule has 0 bridgehead atoms. The van der Waals surface area contributed by atoms with Crippen LogP contribution >= 0.6 is 0 Å². The van der Waals surface area contributed by atoms with Gasteiger partial charge in [0.05, 0.1) is 18.7 Å². The number of esters is 1. The molecule has 1 aromatic carbocycles. The summed E-state index contributed by atoms with van der Waals surface area (Å²) in [6, 6.07) is 7.40. The van der Waals surface area contributed by atoms with Crippen LogP contribution < -0.4 is 4.74 Å². The Balaban J connectivity index is 1.50. The molecule has 0 amide bonds. The van der Waals surface area contributed by atoms with E-state index in [-0.39, 0.29) is 24.0 Å². The van der Waals surface area contributed by atoms with Crippen LogP contribution in [0.15, 0.2) is 41.6 Å². The first-order valence-electron chi connectivity index (χ1n) is 10.3. The van der Waals surface area contributed by atoms with Crippen molar-refractivity contribution in [3.63, 3.8) is 0 Å². The van der Waals surface area contributed by atoms with E-state index in [1.54, 1.807) is 20.1 Å². The van der Waals surface area contributed by atoms with Gasteiger partial charge in [0, 0.05) is 6.42 Å². The Hall–Kier alpha value is -2.67. The second-order valence-electron chi connectivity index (χ2n) is 9.06. The van der Waals surface area contributed by atoms with Crippen LogP contribution in [0.3, 0.4) is 0 Å². The van der Waals surface area contributed by atoms with E-state index in [4.69, 9.17) is 14.3 Å². The molecule has 7 heteroatoms. The number of ketones is 1. The van der Waals surface area contributed by atoms with Gasteiger partial charge < -0.3 is 19.4 Å². The van der Waals surface area contributed by atoms with Crippen molar-refractivity contribution in [3.8, 4) is 5.75 Å².